The molecule has 0 radical (unpaired) electrons. The third kappa shape index (κ3) is 4.72. The Kier molecular flexibility index (Phi) is 5.66. The lowest BCUT2D eigenvalue weighted by Crippen LogP contribution is -2.22. The Morgan fingerprint density at radius 2 is 1.65 bits per heavy atom. The summed E-state index contributed by atoms with van der Waals surface area (Å²) >= 11 is 0. The molecule has 6 nitrogen and oxygen atoms in total. The second-order valence-corrected chi connectivity index (χ2v) is 6.91. The maximum absolute atomic E-state index is 13.0. The first-order valence-electron chi connectivity index (χ1n) is 9.57. The molecular formula is C24H19FN2O4. The Hall–Kier alpha value is -4.13. The van der Waals surface area contributed by atoms with Crippen molar-refractivity contribution in [2.75, 3.05) is 17.2 Å². The van der Waals surface area contributed by atoms with Crippen LogP contribution in [0.2, 0.25) is 0 Å². The highest BCUT2D eigenvalue weighted by Crippen LogP contribution is 2.31. The van der Waals surface area contributed by atoms with Crippen LogP contribution in [0.25, 0.3) is 11.0 Å². The molecule has 0 aliphatic carbocycles. The van der Waals surface area contributed by atoms with Crippen LogP contribution < -0.4 is 15.4 Å². The fraction of sp³-hybridized carbons (Fsp3) is 0.0833. The van der Waals surface area contributed by atoms with Gasteiger partial charge < -0.3 is 19.8 Å². The van der Waals surface area contributed by atoms with Crippen LogP contribution in [-0.2, 0) is 4.79 Å². The lowest BCUT2D eigenvalue weighted by atomic mass is 10.2. The van der Waals surface area contributed by atoms with Gasteiger partial charge in [0.1, 0.15) is 22.8 Å². The zero-order valence-corrected chi connectivity index (χ0v) is 16.6. The Labute approximate surface area is 177 Å². The van der Waals surface area contributed by atoms with E-state index in [1.807, 2.05) is 19.1 Å². The van der Waals surface area contributed by atoms with Gasteiger partial charge >= 0.3 is 0 Å². The molecule has 156 valence electrons. The molecular weight excluding hydrogens is 399 g/mol. The number of benzene rings is 3. The van der Waals surface area contributed by atoms with Gasteiger partial charge in [-0.2, -0.15) is 0 Å². The number of para-hydroxylation sites is 1. The fourth-order valence-electron chi connectivity index (χ4n) is 3.01. The molecule has 3 aromatic carbocycles. The zero-order valence-electron chi connectivity index (χ0n) is 16.6. The smallest absolute Gasteiger partial charge is 0.293 e. The van der Waals surface area contributed by atoms with Crippen molar-refractivity contribution in [2.24, 2.45) is 0 Å². The lowest BCUT2D eigenvalue weighted by Gasteiger charge is -2.09. The molecule has 0 saturated heterocycles. The zero-order chi connectivity index (χ0) is 21.8. The highest BCUT2D eigenvalue weighted by molar-refractivity contribution is 6.14. The molecule has 0 aliphatic heterocycles. The second-order valence-electron chi connectivity index (χ2n) is 6.91. The van der Waals surface area contributed by atoms with Gasteiger partial charge in [0.25, 0.3) is 11.8 Å². The number of hydrogen-bond acceptors (Lipinski definition) is 4. The number of halogens is 1. The Morgan fingerprint density at radius 1 is 0.935 bits per heavy atom. The van der Waals surface area contributed by atoms with Gasteiger partial charge in [0.2, 0.25) is 5.76 Å². The number of carbonyl (C=O) groups is 2. The van der Waals surface area contributed by atoms with Crippen LogP contribution in [0.1, 0.15) is 16.1 Å². The van der Waals surface area contributed by atoms with Gasteiger partial charge in [0.05, 0.1) is 0 Å². The summed E-state index contributed by atoms with van der Waals surface area (Å²) in [7, 11) is 0. The molecule has 0 unspecified atom stereocenters. The van der Waals surface area contributed by atoms with Crippen molar-refractivity contribution in [1.29, 1.82) is 0 Å². The SMILES string of the molecule is Cc1ccc(NC(=O)c2oc3ccccc3c2NC(=O)COc2ccc(F)cc2)cc1. The normalized spacial score (nSPS) is 10.6. The number of anilines is 2. The third-order valence-electron chi connectivity index (χ3n) is 4.56. The van der Waals surface area contributed by atoms with E-state index in [1.54, 1.807) is 36.4 Å². The molecule has 2 N–H and O–H groups in total. The molecule has 31 heavy (non-hydrogen) atoms. The number of aryl methyl sites for hydroxylation is 1. The van der Waals surface area contributed by atoms with E-state index in [0.717, 1.165) is 5.56 Å². The summed E-state index contributed by atoms with van der Waals surface area (Å²) in [4.78, 5) is 25.3. The molecule has 0 saturated carbocycles. The third-order valence-corrected chi connectivity index (χ3v) is 4.56. The summed E-state index contributed by atoms with van der Waals surface area (Å²) in [5, 5.41) is 6.06. The molecule has 1 heterocycles. The van der Waals surface area contributed by atoms with Crippen LogP contribution >= 0.6 is 0 Å². The van der Waals surface area contributed by atoms with E-state index in [0.29, 0.717) is 22.4 Å². The average molecular weight is 418 g/mol. The minimum Gasteiger partial charge on any atom is -0.484 e. The number of ether oxygens (including phenoxy) is 1. The molecule has 7 heteroatoms. The number of nitrogens with one attached hydrogen (secondary N) is 2. The topological polar surface area (TPSA) is 80.6 Å². The first-order chi connectivity index (χ1) is 15.0. The summed E-state index contributed by atoms with van der Waals surface area (Å²) in [5.41, 5.74) is 2.39. The molecule has 2 amide bonds. The van der Waals surface area contributed by atoms with Gasteiger partial charge in [0, 0.05) is 11.1 Å². The standard InChI is InChI=1S/C24H19FN2O4/c1-15-6-10-17(11-7-15)26-24(29)23-22(19-4-2-3-5-20(19)31-23)27-21(28)14-30-18-12-8-16(25)9-13-18/h2-13H,14H2,1H3,(H,26,29)(H,27,28). The summed E-state index contributed by atoms with van der Waals surface area (Å²) in [6.07, 6.45) is 0. The fourth-order valence-corrected chi connectivity index (χ4v) is 3.01. The quantitative estimate of drug-likeness (QED) is 0.454. The summed E-state index contributed by atoms with van der Waals surface area (Å²) in [6.45, 7) is 1.64. The van der Waals surface area contributed by atoms with E-state index < -0.39 is 17.6 Å². The molecule has 0 spiro atoms. The van der Waals surface area contributed by atoms with Crippen LogP contribution in [0.15, 0.2) is 77.2 Å². The molecule has 0 aliphatic rings. The van der Waals surface area contributed by atoms with Gasteiger partial charge in [-0.05, 0) is 55.5 Å². The number of carbonyl (C=O) groups excluding carboxylic acids is 2. The van der Waals surface area contributed by atoms with Crippen molar-refractivity contribution in [3.8, 4) is 5.75 Å². The Balaban J connectivity index is 1.54. The number of rotatable bonds is 6. The number of hydrogen-bond donors (Lipinski definition) is 2. The minimum atomic E-state index is -0.491. The van der Waals surface area contributed by atoms with Crippen LogP contribution in [0, 0.1) is 12.7 Å². The van der Waals surface area contributed by atoms with Crippen molar-refractivity contribution >= 4 is 34.2 Å². The summed E-state index contributed by atoms with van der Waals surface area (Å²) in [6, 6.07) is 19.7. The molecule has 1 aromatic heterocycles. The second kappa shape index (κ2) is 8.71. The predicted octanol–water partition coefficient (Wildman–Crippen LogP) is 5.15. The number of amides is 2. The van der Waals surface area contributed by atoms with Gasteiger partial charge in [-0.3, -0.25) is 9.59 Å². The van der Waals surface area contributed by atoms with Crippen LogP contribution in [0.3, 0.4) is 0 Å². The number of furan rings is 1. The highest BCUT2D eigenvalue weighted by atomic mass is 19.1. The maximum atomic E-state index is 13.0. The molecule has 0 bridgehead atoms. The van der Waals surface area contributed by atoms with Gasteiger partial charge in [-0.1, -0.05) is 29.8 Å². The first kappa shape index (κ1) is 20.2. The lowest BCUT2D eigenvalue weighted by molar-refractivity contribution is -0.118. The van der Waals surface area contributed by atoms with Gasteiger partial charge in [-0.15, -0.1) is 0 Å². The first-order valence-corrected chi connectivity index (χ1v) is 9.57. The van der Waals surface area contributed by atoms with Crippen molar-refractivity contribution in [3.05, 3.63) is 89.9 Å². The van der Waals surface area contributed by atoms with Crippen molar-refractivity contribution < 1.29 is 23.1 Å². The van der Waals surface area contributed by atoms with Crippen molar-refractivity contribution in [2.45, 2.75) is 6.92 Å². The van der Waals surface area contributed by atoms with Gasteiger partial charge in [0.15, 0.2) is 6.61 Å². The van der Waals surface area contributed by atoms with Gasteiger partial charge in [-0.25, -0.2) is 4.39 Å². The molecule has 0 fully saturated rings. The highest BCUT2D eigenvalue weighted by Gasteiger charge is 2.22. The average Bonchev–Trinajstić information content (AvgIpc) is 3.13. The van der Waals surface area contributed by atoms with E-state index in [1.165, 1.54) is 24.3 Å². The van der Waals surface area contributed by atoms with Crippen molar-refractivity contribution in [3.63, 3.8) is 0 Å². The minimum absolute atomic E-state index is 0.0168. The van der Waals surface area contributed by atoms with Crippen LogP contribution in [-0.4, -0.2) is 18.4 Å². The van der Waals surface area contributed by atoms with Crippen LogP contribution in [0.4, 0.5) is 15.8 Å². The largest absolute Gasteiger partial charge is 0.484 e. The maximum Gasteiger partial charge on any atom is 0.293 e. The van der Waals surface area contributed by atoms with E-state index in [4.69, 9.17) is 9.15 Å². The Morgan fingerprint density at radius 3 is 2.39 bits per heavy atom. The summed E-state index contributed by atoms with van der Waals surface area (Å²) < 4.78 is 24.1. The van der Waals surface area contributed by atoms with E-state index in [-0.39, 0.29) is 18.1 Å². The van der Waals surface area contributed by atoms with Crippen molar-refractivity contribution in [1.82, 2.24) is 0 Å². The molecule has 0 atom stereocenters. The van der Waals surface area contributed by atoms with E-state index in [9.17, 15) is 14.0 Å². The number of fused-ring (bicyclic) bond motifs is 1. The molecule has 4 rings (SSSR count). The molecule has 4 aromatic rings. The van der Waals surface area contributed by atoms with E-state index in [2.05, 4.69) is 10.6 Å². The van der Waals surface area contributed by atoms with Crippen LogP contribution in [0.5, 0.6) is 5.75 Å². The monoisotopic (exact) mass is 418 g/mol. The Bertz CT molecular complexity index is 1230. The summed E-state index contributed by atoms with van der Waals surface area (Å²) in [5.74, 6) is -1.04. The van der Waals surface area contributed by atoms with E-state index >= 15 is 0 Å². The predicted molar refractivity (Wildman–Crippen MR) is 116 cm³/mol.